The van der Waals surface area contributed by atoms with Crippen LogP contribution in [0.1, 0.15) is 53.4 Å². The Kier molecular flexibility index (Phi) is 8.04. The lowest BCUT2D eigenvalue weighted by atomic mass is 10.0. The quantitative estimate of drug-likeness (QED) is 0.439. The van der Waals surface area contributed by atoms with Gasteiger partial charge in [0.25, 0.3) is 0 Å². The molecule has 0 unspecified atom stereocenters. The molecule has 1 rings (SSSR count). The summed E-state index contributed by atoms with van der Waals surface area (Å²) in [5.41, 5.74) is 0. The fraction of sp³-hybridized carbons (Fsp3) is 0.765. The molecule has 24 heavy (non-hydrogen) atoms. The molecule has 7 heteroatoms. The van der Waals surface area contributed by atoms with E-state index in [1.807, 2.05) is 13.8 Å². The van der Waals surface area contributed by atoms with E-state index in [-0.39, 0.29) is 36.9 Å². The molecule has 1 aliphatic carbocycles. The topological polar surface area (TPSA) is 106 Å². The van der Waals surface area contributed by atoms with Gasteiger partial charge in [-0.05, 0) is 39.0 Å². The van der Waals surface area contributed by atoms with E-state index in [4.69, 9.17) is 14.9 Å². The van der Waals surface area contributed by atoms with Crippen molar-refractivity contribution < 1.29 is 23.9 Å². The van der Waals surface area contributed by atoms with Gasteiger partial charge in [-0.2, -0.15) is 0 Å². The minimum absolute atomic E-state index is 0.00251. The van der Waals surface area contributed by atoms with Crippen LogP contribution in [0.5, 0.6) is 0 Å². The number of hydrogen-bond donors (Lipinski definition) is 2. The fourth-order valence-corrected chi connectivity index (χ4v) is 2.11. The van der Waals surface area contributed by atoms with Gasteiger partial charge in [-0.15, -0.1) is 0 Å². The Morgan fingerprint density at radius 3 is 2.29 bits per heavy atom. The van der Waals surface area contributed by atoms with Gasteiger partial charge < -0.3 is 20.2 Å². The average Bonchev–Trinajstić information content (AvgIpc) is 3.31. The molecule has 2 atom stereocenters. The third kappa shape index (κ3) is 7.21. The van der Waals surface area contributed by atoms with Crippen LogP contribution in [-0.2, 0) is 23.9 Å². The zero-order valence-corrected chi connectivity index (χ0v) is 14.8. The lowest BCUT2D eigenvalue weighted by Gasteiger charge is -2.24. The van der Waals surface area contributed by atoms with Crippen LogP contribution in [0.2, 0.25) is 0 Å². The first-order valence-corrected chi connectivity index (χ1v) is 8.44. The highest BCUT2D eigenvalue weighted by Crippen LogP contribution is 2.27. The number of hydrogen-bond acceptors (Lipinski definition) is 6. The number of ketones is 1. The van der Waals surface area contributed by atoms with Gasteiger partial charge in [0, 0.05) is 6.42 Å². The smallest absolute Gasteiger partial charge is 0.328 e. The number of rotatable bonds is 11. The van der Waals surface area contributed by atoms with Gasteiger partial charge in [-0.25, -0.2) is 4.79 Å². The maximum absolute atomic E-state index is 12.5. The van der Waals surface area contributed by atoms with Crippen molar-refractivity contribution in [3.63, 3.8) is 0 Å². The second-order valence-electron chi connectivity index (χ2n) is 6.70. The number of ether oxygens (including phenoxy) is 2. The summed E-state index contributed by atoms with van der Waals surface area (Å²) in [6, 6.07) is -0.923. The highest BCUT2D eigenvalue weighted by atomic mass is 16.5. The first-order valence-electron chi connectivity index (χ1n) is 8.44. The normalized spacial score (nSPS) is 16.6. The molecule has 7 nitrogen and oxygen atoms in total. The Hall–Kier alpha value is -1.76. The third-order valence-electron chi connectivity index (χ3n) is 3.52. The number of Topliss-reactive ketones (excluding diaryl/α,β-unsaturated/α-hetero) is 1. The van der Waals surface area contributed by atoms with Gasteiger partial charge in [0.2, 0.25) is 5.91 Å². The van der Waals surface area contributed by atoms with Crippen LogP contribution >= 0.6 is 0 Å². The van der Waals surface area contributed by atoms with Crippen molar-refractivity contribution in [2.45, 2.75) is 77.7 Å². The molecule has 0 aromatic carbocycles. The Balaban J connectivity index is 2.72. The Bertz CT molecular complexity index is 472. The first kappa shape index (κ1) is 20.3. The van der Waals surface area contributed by atoms with Gasteiger partial charge >= 0.3 is 5.97 Å². The highest BCUT2D eigenvalue weighted by molar-refractivity contribution is 6.26. The van der Waals surface area contributed by atoms with Crippen molar-refractivity contribution in [2.24, 2.45) is 5.92 Å². The van der Waals surface area contributed by atoms with E-state index in [1.54, 1.807) is 13.8 Å². The van der Waals surface area contributed by atoms with Crippen molar-refractivity contribution >= 4 is 23.9 Å². The summed E-state index contributed by atoms with van der Waals surface area (Å²) >= 11 is 0. The maximum Gasteiger partial charge on any atom is 0.328 e. The monoisotopic (exact) mass is 340 g/mol. The summed E-state index contributed by atoms with van der Waals surface area (Å²) < 4.78 is 10.9. The number of esters is 1. The number of amides is 1. The summed E-state index contributed by atoms with van der Waals surface area (Å²) in [6.45, 7) is 7.19. The van der Waals surface area contributed by atoms with Crippen molar-refractivity contribution in [1.29, 1.82) is 5.41 Å². The molecule has 1 aliphatic rings. The molecule has 0 heterocycles. The SMILES string of the molecule is CC(C)OC(=O)[C@H](CCC(=O)C=N)NC(=O)[C@@H](OC1CC1)C(C)C. The predicted molar refractivity (Wildman–Crippen MR) is 88.9 cm³/mol. The number of nitrogens with one attached hydrogen (secondary N) is 2. The van der Waals surface area contributed by atoms with Crippen LogP contribution in [0.4, 0.5) is 0 Å². The number of carbonyl (C=O) groups excluding carboxylic acids is 3. The van der Waals surface area contributed by atoms with Gasteiger partial charge in [0.1, 0.15) is 12.1 Å². The van der Waals surface area contributed by atoms with Gasteiger partial charge in [-0.3, -0.25) is 9.59 Å². The summed E-state index contributed by atoms with van der Waals surface area (Å²) in [7, 11) is 0. The first-order chi connectivity index (χ1) is 11.2. The molecule has 2 N–H and O–H groups in total. The van der Waals surface area contributed by atoms with Gasteiger partial charge in [0.15, 0.2) is 5.78 Å². The third-order valence-corrected chi connectivity index (χ3v) is 3.52. The Labute approximate surface area is 143 Å². The minimum Gasteiger partial charge on any atom is -0.461 e. The highest BCUT2D eigenvalue weighted by Gasteiger charge is 2.34. The molecule has 1 fully saturated rings. The number of carbonyl (C=O) groups is 3. The molecule has 136 valence electrons. The van der Waals surface area contributed by atoms with Gasteiger partial charge in [-0.1, -0.05) is 13.8 Å². The van der Waals surface area contributed by atoms with Crippen molar-refractivity contribution in [2.75, 3.05) is 0 Å². The van der Waals surface area contributed by atoms with E-state index < -0.39 is 23.9 Å². The average molecular weight is 340 g/mol. The maximum atomic E-state index is 12.5. The summed E-state index contributed by atoms with van der Waals surface area (Å²) in [5.74, 6) is -1.38. The molecule has 0 radical (unpaired) electrons. The standard InChI is InChI=1S/C17H28N2O5/c1-10(2)15(24-13-6-7-13)16(21)19-14(8-5-12(20)9-18)17(22)23-11(3)4/h9-11,13-15,18H,5-8H2,1-4H3,(H,19,21)/t14-,15-/m0/s1. The molecule has 1 saturated carbocycles. The fourth-order valence-electron chi connectivity index (χ4n) is 2.11. The summed E-state index contributed by atoms with van der Waals surface area (Å²) in [4.78, 5) is 36.0. The van der Waals surface area contributed by atoms with Crippen molar-refractivity contribution in [3.8, 4) is 0 Å². The summed E-state index contributed by atoms with van der Waals surface area (Å²) in [6.07, 6.45) is 1.86. The lowest BCUT2D eigenvalue weighted by Crippen LogP contribution is -2.49. The van der Waals surface area contributed by atoms with Crippen LogP contribution < -0.4 is 5.32 Å². The molecule has 0 saturated heterocycles. The summed E-state index contributed by atoms with van der Waals surface area (Å²) in [5, 5.41) is 9.58. The van der Waals surface area contributed by atoms with E-state index in [0.29, 0.717) is 6.21 Å². The Morgan fingerprint density at radius 1 is 1.21 bits per heavy atom. The molecule has 0 bridgehead atoms. The van der Waals surface area contributed by atoms with Gasteiger partial charge in [0.05, 0.1) is 18.4 Å². The second-order valence-corrected chi connectivity index (χ2v) is 6.70. The van der Waals surface area contributed by atoms with Crippen LogP contribution in [-0.4, -0.2) is 48.2 Å². The van der Waals surface area contributed by atoms with Crippen molar-refractivity contribution in [1.82, 2.24) is 5.32 Å². The molecule has 0 aromatic heterocycles. The van der Waals surface area contributed by atoms with E-state index in [1.165, 1.54) is 0 Å². The largest absolute Gasteiger partial charge is 0.461 e. The molecule has 0 spiro atoms. The molecular formula is C17H28N2O5. The Morgan fingerprint density at radius 2 is 1.83 bits per heavy atom. The van der Waals surface area contributed by atoms with E-state index in [2.05, 4.69) is 5.32 Å². The van der Waals surface area contributed by atoms with Crippen LogP contribution in [0.25, 0.3) is 0 Å². The zero-order chi connectivity index (χ0) is 18.3. The zero-order valence-electron chi connectivity index (χ0n) is 14.8. The van der Waals surface area contributed by atoms with Crippen LogP contribution in [0, 0.1) is 11.3 Å². The van der Waals surface area contributed by atoms with Crippen LogP contribution in [0.15, 0.2) is 0 Å². The lowest BCUT2D eigenvalue weighted by molar-refractivity contribution is -0.153. The predicted octanol–water partition coefficient (Wildman–Crippen LogP) is 1.63. The molecule has 1 amide bonds. The van der Waals surface area contributed by atoms with E-state index >= 15 is 0 Å². The molecule has 0 aliphatic heterocycles. The molecule has 0 aromatic rings. The van der Waals surface area contributed by atoms with Crippen LogP contribution in [0.3, 0.4) is 0 Å². The van der Waals surface area contributed by atoms with E-state index in [0.717, 1.165) is 12.8 Å². The minimum atomic E-state index is -0.923. The van der Waals surface area contributed by atoms with Crippen molar-refractivity contribution in [3.05, 3.63) is 0 Å². The van der Waals surface area contributed by atoms with E-state index in [9.17, 15) is 14.4 Å². The second kappa shape index (κ2) is 9.52. The molecular weight excluding hydrogens is 312 g/mol.